The number of hydrogen-bond donors (Lipinski definition) is 1. The maximum absolute atomic E-state index is 11.6. The van der Waals surface area contributed by atoms with Crippen LogP contribution < -0.4 is 5.32 Å². The highest BCUT2D eigenvalue weighted by atomic mass is 32.2. The Bertz CT molecular complexity index is 508. The Kier molecular flexibility index (Phi) is 5.07. The van der Waals surface area contributed by atoms with Crippen LogP contribution in [0.4, 0.5) is 0 Å². The Morgan fingerprint density at radius 2 is 1.68 bits per heavy atom. The van der Waals surface area contributed by atoms with Crippen LogP contribution in [0.25, 0.3) is 0 Å². The van der Waals surface area contributed by atoms with Gasteiger partial charge in [0.1, 0.15) is 9.84 Å². The molecule has 1 saturated carbocycles. The second-order valence-electron chi connectivity index (χ2n) is 6.23. The molecule has 0 saturated heterocycles. The maximum Gasteiger partial charge on any atom is 0.153 e. The van der Waals surface area contributed by atoms with E-state index in [0.717, 1.165) is 12.8 Å². The van der Waals surface area contributed by atoms with Crippen LogP contribution in [0.5, 0.6) is 0 Å². The van der Waals surface area contributed by atoms with Gasteiger partial charge in [-0.2, -0.15) is 0 Å². The van der Waals surface area contributed by atoms with Crippen LogP contribution >= 0.6 is 0 Å². The van der Waals surface area contributed by atoms with Crippen LogP contribution in [0, 0.1) is 0 Å². The molecule has 0 heterocycles. The summed E-state index contributed by atoms with van der Waals surface area (Å²) in [6, 6.07) is 0.0921. The van der Waals surface area contributed by atoms with Gasteiger partial charge in [0.25, 0.3) is 0 Å². The van der Waals surface area contributed by atoms with Gasteiger partial charge in [0.2, 0.25) is 0 Å². The summed E-state index contributed by atoms with van der Waals surface area (Å²) in [5.74, 6) is 0. The van der Waals surface area contributed by atoms with E-state index in [-0.39, 0.29) is 11.3 Å². The van der Waals surface area contributed by atoms with Crippen molar-refractivity contribution in [2.75, 3.05) is 19.1 Å². The summed E-state index contributed by atoms with van der Waals surface area (Å²) in [4.78, 5) is 0. The minimum absolute atomic E-state index is 0.0921. The normalized spacial score (nSPS) is 26.3. The average Bonchev–Trinajstić information content (AvgIpc) is 2.24. The van der Waals surface area contributed by atoms with Crippen LogP contribution in [0.1, 0.15) is 39.5 Å². The predicted octanol–water partition coefficient (Wildman–Crippen LogP) is 0.755. The molecule has 1 fully saturated rings. The van der Waals surface area contributed by atoms with Gasteiger partial charge < -0.3 is 5.32 Å². The summed E-state index contributed by atoms with van der Waals surface area (Å²) in [5, 5.41) is 2.94. The van der Waals surface area contributed by atoms with Gasteiger partial charge in [-0.15, -0.1) is 0 Å². The highest BCUT2D eigenvalue weighted by Gasteiger charge is 2.33. The molecule has 1 rings (SSSR count). The van der Waals surface area contributed by atoms with Crippen molar-refractivity contribution in [2.45, 2.75) is 55.6 Å². The van der Waals surface area contributed by atoms with Gasteiger partial charge in [-0.3, -0.25) is 0 Å². The maximum atomic E-state index is 11.6. The van der Waals surface area contributed by atoms with E-state index in [9.17, 15) is 16.8 Å². The smallest absolute Gasteiger partial charge is 0.153 e. The molecule has 0 aliphatic heterocycles. The topological polar surface area (TPSA) is 80.3 Å². The van der Waals surface area contributed by atoms with E-state index in [0.29, 0.717) is 19.4 Å². The average molecular weight is 311 g/mol. The minimum Gasteiger partial charge on any atom is -0.312 e. The van der Waals surface area contributed by atoms with E-state index < -0.39 is 24.4 Å². The van der Waals surface area contributed by atoms with Crippen molar-refractivity contribution < 1.29 is 16.8 Å². The summed E-state index contributed by atoms with van der Waals surface area (Å²) in [6.45, 7) is 3.73. The molecular formula is C12H25NO4S2. The SMILES string of the molecule is CC(C)(CNC1CCCC(S(C)(=O)=O)C1)S(C)(=O)=O. The van der Waals surface area contributed by atoms with Crippen molar-refractivity contribution in [1.82, 2.24) is 5.32 Å². The van der Waals surface area contributed by atoms with Gasteiger partial charge in [-0.1, -0.05) is 6.42 Å². The molecule has 0 radical (unpaired) electrons. The van der Waals surface area contributed by atoms with Crippen molar-refractivity contribution >= 4 is 19.7 Å². The van der Waals surface area contributed by atoms with E-state index in [1.54, 1.807) is 13.8 Å². The molecule has 1 aliphatic rings. The lowest BCUT2D eigenvalue weighted by molar-refractivity contribution is 0.360. The van der Waals surface area contributed by atoms with Gasteiger partial charge in [-0.05, 0) is 33.1 Å². The second-order valence-corrected chi connectivity index (χ2v) is 11.2. The van der Waals surface area contributed by atoms with Gasteiger partial charge in [0, 0.05) is 25.1 Å². The van der Waals surface area contributed by atoms with Crippen molar-refractivity contribution in [1.29, 1.82) is 0 Å². The van der Waals surface area contributed by atoms with Crippen molar-refractivity contribution in [3.8, 4) is 0 Å². The Morgan fingerprint density at radius 3 is 2.16 bits per heavy atom. The van der Waals surface area contributed by atoms with E-state index in [1.807, 2.05) is 0 Å². The molecule has 0 aromatic rings. The Hall–Kier alpha value is -0.140. The largest absolute Gasteiger partial charge is 0.312 e. The highest BCUT2D eigenvalue weighted by molar-refractivity contribution is 7.92. The summed E-state index contributed by atoms with van der Waals surface area (Å²) >= 11 is 0. The first-order valence-corrected chi connectivity index (χ1v) is 10.4. The monoisotopic (exact) mass is 311 g/mol. The molecule has 7 heteroatoms. The lowest BCUT2D eigenvalue weighted by Gasteiger charge is -2.32. The van der Waals surface area contributed by atoms with Crippen molar-refractivity contribution in [3.63, 3.8) is 0 Å². The molecule has 0 spiro atoms. The Morgan fingerprint density at radius 1 is 1.11 bits per heavy atom. The van der Waals surface area contributed by atoms with Crippen molar-refractivity contribution in [2.24, 2.45) is 0 Å². The first-order valence-electron chi connectivity index (χ1n) is 6.55. The first-order chi connectivity index (χ1) is 8.43. The fraction of sp³-hybridized carbons (Fsp3) is 1.00. The predicted molar refractivity (Wildman–Crippen MR) is 77.8 cm³/mol. The van der Waals surface area contributed by atoms with Gasteiger partial charge in [0.15, 0.2) is 9.84 Å². The first kappa shape index (κ1) is 16.9. The highest BCUT2D eigenvalue weighted by Crippen LogP contribution is 2.24. The molecule has 2 unspecified atom stereocenters. The van der Waals surface area contributed by atoms with Crippen LogP contribution in [-0.2, 0) is 19.7 Å². The molecule has 0 bridgehead atoms. The minimum atomic E-state index is -3.13. The summed E-state index contributed by atoms with van der Waals surface area (Å²) in [5.41, 5.74) is 0. The summed E-state index contributed by atoms with van der Waals surface area (Å²) < 4.78 is 45.5. The number of hydrogen-bond acceptors (Lipinski definition) is 5. The quantitative estimate of drug-likeness (QED) is 0.810. The van der Waals surface area contributed by atoms with E-state index in [2.05, 4.69) is 5.32 Å². The number of rotatable bonds is 5. The second kappa shape index (κ2) is 5.69. The molecule has 19 heavy (non-hydrogen) atoms. The molecule has 2 atom stereocenters. The molecule has 0 aromatic carbocycles. The Labute approximate surface area is 117 Å². The third-order valence-corrected chi connectivity index (χ3v) is 7.84. The van der Waals surface area contributed by atoms with Crippen LogP contribution in [0.2, 0.25) is 0 Å². The zero-order valence-corrected chi connectivity index (χ0v) is 13.8. The van der Waals surface area contributed by atoms with Gasteiger partial charge in [0.05, 0.1) is 10.00 Å². The summed E-state index contributed by atoms with van der Waals surface area (Å²) in [7, 11) is -6.13. The molecular weight excluding hydrogens is 286 g/mol. The molecule has 1 N–H and O–H groups in total. The van der Waals surface area contributed by atoms with Crippen LogP contribution in [-0.4, -0.2) is 51.9 Å². The van der Waals surface area contributed by atoms with E-state index >= 15 is 0 Å². The molecule has 1 aliphatic carbocycles. The molecule has 5 nitrogen and oxygen atoms in total. The lowest BCUT2D eigenvalue weighted by atomic mass is 9.94. The molecule has 114 valence electrons. The molecule has 0 amide bonds. The van der Waals surface area contributed by atoms with Crippen molar-refractivity contribution in [3.05, 3.63) is 0 Å². The van der Waals surface area contributed by atoms with E-state index in [4.69, 9.17) is 0 Å². The lowest BCUT2D eigenvalue weighted by Crippen LogP contribution is -2.47. The fourth-order valence-electron chi connectivity index (χ4n) is 2.24. The summed E-state index contributed by atoms with van der Waals surface area (Å²) in [6.07, 6.45) is 5.58. The van der Waals surface area contributed by atoms with E-state index in [1.165, 1.54) is 12.5 Å². The number of sulfone groups is 2. The van der Waals surface area contributed by atoms with Crippen LogP contribution in [0.3, 0.4) is 0 Å². The zero-order chi connectivity index (χ0) is 14.9. The van der Waals surface area contributed by atoms with Gasteiger partial charge >= 0.3 is 0 Å². The Balaban J connectivity index is 2.60. The van der Waals surface area contributed by atoms with Gasteiger partial charge in [-0.25, -0.2) is 16.8 Å². The third-order valence-electron chi connectivity index (χ3n) is 4.05. The third kappa shape index (κ3) is 4.72. The van der Waals surface area contributed by atoms with Crippen LogP contribution in [0.15, 0.2) is 0 Å². The fourth-order valence-corrected chi connectivity index (χ4v) is 3.76. The number of nitrogens with one attached hydrogen (secondary N) is 1. The zero-order valence-electron chi connectivity index (χ0n) is 12.1. The standard InChI is InChI=1S/C12H25NO4S2/c1-12(2,19(4,16)17)9-13-10-6-5-7-11(8-10)18(3,14)15/h10-11,13H,5-9H2,1-4H3. The molecule has 0 aromatic heterocycles.